The lowest BCUT2D eigenvalue weighted by Gasteiger charge is -2.16. The molecule has 5 rings (SSSR count). The lowest BCUT2D eigenvalue weighted by Crippen LogP contribution is -2.31. The predicted octanol–water partition coefficient (Wildman–Crippen LogP) is 4.65. The maximum absolute atomic E-state index is 12.7. The van der Waals surface area contributed by atoms with Gasteiger partial charge < -0.3 is 9.47 Å². The maximum atomic E-state index is 12.7. The zero-order valence-electron chi connectivity index (χ0n) is 19.5. The van der Waals surface area contributed by atoms with Crippen LogP contribution < -0.4 is 0 Å². The molecule has 0 saturated heterocycles. The van der Waals surface area contributed by atoms with Crippen molar-refractivity contribution in [2.45, 2.75) is 51.2 Å². The van der Waals surface area contributed by atoms with Crippen LogP contribution >= 0.6 is 15.9 Å². The van der Waals surface area contributed by atoms with E-state index in [1.54, 1.807) is 13.1 Å². The van der Waals surface area contributed by atoms with Gasteiger partial charge in [-0.25, -0.2) is 9.78 Å². The van der Waals surface area contributed by atoms with Gasteiger partial charge in [-0.05, 0) is 50.6 Å². The van der Waals surface area contributed by atoms with Crippen molar-refractivity contribution in [3.05, 3.63) is 76.0 Å². The van der Waals surface area contributed by atoms with Crippen LogP contribution in [0.15, 0.2) is 58.3 Å². The zero-order valence-corrected chi connectivity index (χ0v) is 21.1. The van der Waals surface area contributed by atoms with Gasteiger partial charge in [-0.15, -0.1) is 0 Å². The summed E-state index contributed by atoms with van der Waals surface area (Å²) < 4.78 is 13.6. The van der Waals surface area contributed by atoms with Crippen molar-refractivity contribution in [2.24, 2.45) is 4.99 Å². The van der Waals surface area contributed by atoms with E-state index in [9.17, 15) is 9.59 Å². The normalized spacial score (nSPS) is 17.5. The molecule has 1 aliphatic carbocycles. The van der Waals surface area contributed by atoms with Gasteiger partial charge in [-0.2, -0.15) is 0 Å². The smallest absolute Gasteiger partial charge is 0.350 e. The molecule has 3 aromatic rings. The van der Waals surface area contributed by atoms with Crippen molar-refractivity contribution in [1.82, 2.24) is 14.5 Å². The molecule has 1 saturated carbocycles. The second-order valence-electron chi connectivity index (χ2n) is 8.69. The van der Waals surface area contributed by atoms with Crippen molar-refractivity contribution in [3.8, 4) is 5.69 Å². The molecule has 0 amide bonds. The first-order valence-electron chi connectivity index (χ1n) is 11.6. The van der Waals surface area contributed by atoms with Crippen LogP contribution in [0.1, 0.15) is 61.4 Å². The Morgan fingerprint density at radius 1 is 1.20 bits per heavy atom. The Labute approximate surface area is 211 Å². The molecule has 1 atom stereocenters. The Kier molecular flexibility index (Phi) is 6.27. The number of rotatable bonds is 7. The van der Waals surface area contributed by atoms with Crippen molar-refractivity contribution < 1.29 is 19.1 Å². The molecule has 0 N–H and O–H groups in total. The number of aryl methyl sites for hydroxylation is 1. The molecule has 8 nitrogen and oxygen atoms in total. The number of halogens is 1. The van der Waals surface area contributed by atoms with Gasteiger partial charge in [0.2, 0.25) is 5.60 Å². The minimum atomic E-state index is -1.11. The number of carbonyl (C=O) groups excluding carboxylic acids is 2. The van der Waals surface area contributed by atoms with Gasteiger partial charge in [0, 0.05) is 47.4 Å². The van der Waals surface area contributed by atoms with E-state index in [1.165, 1.54) is 0 Å². The van der Waals surface area contributed by atoms with Gasteiger partial charge in [0.05, 0.1) is 23.7 Å². The summed E-state index contributed by atoms with van der Waals surface area (Å²) in [5.41, 5.74) is 3.19. The summed E-state index contributed by atoms with van der Waals surface area (Å²) in [6.07, 6.45) is 5.01. The van der Waals surface area contributed by atoms with Crippen LogP contribution in [0.5, 0.6) is 0 Å². The highest BCUT2D eigenvalue weighted by Gasteiger charge is 2.55. The number of carbonyl (C=O) groups is 2. The highest BCUT2D eigenvalue weighted by molar-refractivity contribution is 9.10. The lowest BCUT2D eigenvalue weighted by molar-refractivity contribution is -0.171. The average Bonchev–Trinajstić information content (AvgIpc) is 3.56. The third-order valence-corrected chi connectivity index (χ3v) is 6.69. The van der Waals surface area contributed by atoms with Gasteiger partial charge in [0.1, 0.15) is 11.9 Å². The Balaban J connectivity index is 1.48. The van der Waals surface area contributed by atoms with Gasteiger partial charge >= 0.3 is 11.9 Å². The van der Waals surface area contributed by atoms with Crippen molar-refractivity contribution >= 4 is 33.6 Å². The van der Waals surface area contributed by atoms with E-state index in [1.807, 2.05) is 49.5 Å². The Bertz CT molecular complexity index is 1310. The summed E-state index contributed by atoms with van der Waals surface area (Å²) in [5, 5.41) is 0. The molecule has 2 aliphatic rings. The molecule has 1 aromatic carbocycles. The summed E-state index contributed by atoms with van der Waals surface area (Å²) >= 11 is 3.59. The standard InChI is InChI=1S/C26H25BrN4O4/c1-3-34-25(33)26(11-12-26)35-22(32)10-8-20-24-29-15-16(2)31(24)21-9-7-17(27)14-18(21)23(30-20)19-6-4-5-13-28-19/h4-7,9,13-15,20H,3,8,10-12H2,1-2H3/t20-/m0/s1. The zero-order chi connectivity index (χ0) is 24.6. The number of fused-ring (bicyclic) bond motifs is 3. The number of hydrogen-bond donors (Lipinski definition) is 0. The SMILES string of the molecule is CCOC(=O)C1(OC(=O)CC[C@@H]2N=C(c3ccccn3)c3cc(Br)ccc3-n3c(C)cnc32)CC1. The van der Waals surface area contributed by atoms with Crippen LogP contribution in [0, 0.1) is 6.92 Å². The third-order valence-electron chi connectivity index (χ3n) is 6.19. The van der Waals surface area contributed by atoms with Crippen molar-refractivity contribution in [2.75, 3.05) is 6.61 Å². The number of nitrogens with zero attached hydrogens (tertiary/aromatic N) is 4. The number of pyridine rings is 1. The van der Waals surface area contributed by atoms with E-state index in [0.29, 0.717) is 19.3 Å². The molecule has 3 heterocycles. The first-order chi connectivity index (χ1) is 16.9. The van der Waals surface area contributed by atoms with Crippen LogP contribution in [0.4, 0.5) is 0 Å². The Hall–Kier alpha value is -3.33. The molecule has 0 radical (unpaired) electrons. The second kappa shape index (κ2) is 9.37. The fourth-order valence-electron chi connectivity index (χ4n) is 4.33. The highest BCUT2D eigenvalue weighted by atomic mass is 79.9. The lowest BCUT2D eigenvalue weighted by atomic mass is 10.0. The Morgan fingerprint density at radius 2 is 2.03 bits per heavy atom. The van der Waals surface area contributed by atoms with Crippen LogP contribution in [0.3, 0.4) is 0 Å². The molecular formula is C26H25BrN4O4. The molecule has 1 fully saturated rings. The van der Waals surface area contributed by atoms with Crippen LogP contribution in [-0.2, 0) is 19.1 Å². The van der Waals surface area contributed by atoms with Gasteiger partial charge in [0.25, 0.3) is 0 Å². The topological polar surface area (TPSA) is 95.7 Å². The minimum absolute atomic E-state index is 0.0940. The number of hydrogen-bond acceptors (Lipinski definition) is 7. The van der Waals surface area contributed by atoms with Gasteiger partial charge in [-0.1, -0.05) is 22.0 Å². The van der Waals surface area contributed by atoms with Crippen molar-refractivity contribution in [3.63, 3.8) is 0 Å². The number of benzene rings is 1. The summed E-state index contributed by atoms with van der Waals surface area (Å²) in [6.45, 7) is 3.99. The quantitative estimate of drug-likeness (QED) is 0.408. The predicted molar refractivity (Wildman–Crippen MR) is 133 cm³/mol. The molecule has 2 aromatic heterocycles. The molecule has 35 heavy (non-hydrogen) atoms. The number of imidazole rings is 1. The average molecular weight is 537 g/mol. The van der Waals surface area contributed by atoms with Crippen molar-refractivity contribution in [1.29, 1.82) is 0 Å². The van der Waals surface area contributed by atoms with Gasteiger partial charge in [-0.3, -0.25) is 19.3 Å². The Morgan fingerprint density at radius 3 is 2.74 bits per heavy atom. The first kappa shape index (κ1) is 23.4. The summed E-state index contributed by atoms with van der Waals surface area (Å²) in [7, 11) is 0. The molecule has 0 bridgehead atoms. The number of esters is 2. The fourth-order valence-corrected chi connectivity index (χ4v) is 4.69. The van der Waals surface area contributed by atoms with E-state index in [0.717, 1.165) is 38.6 Å². The van der Waals surface area contributed by atoms with E-state index in [4.69, 9.17) is 14.5 Å². The highest BCUT2D eigenvalue weighted by Crippen LogP contribution is 2.41. The monoisotopic (exact) mass is 536 g/mol. The molecule has 0 spiro atoms. The molecule has 0 unspecified atom stereocenters. The minimum Gasteiger partial charge on any atom is -0.463 e. The number of aliphatic imine (C=N–C) groups is 1. The van der Waals surface area contributed by atoms with E-state index in [2.05, 4.69) is 30.5 Å². The molecule has 9 heteroatoms. The summed E-state index contributed by atoms with van der Waals surface area (Å²) in [5.74, 6) is -0.161. The second-order valence-corrected chi connectivity index (χ2v) is 9.61. The van der Waals surface area contributed by atoms with Gasteiger partial charge in [0.15, 0.2) is 0 Å². The number of aromatic nitrogens is 3. The fraction of sp³-hybridized carbons (Fsp3) is 0.346. The maximum Gasteiger partial charge on any atom is 0.350 e. The first-order valence-corrected chi connectivity index (χ1v) is 12.4. The third kappa shape index (κ3) is 4.52. The molecular weight excluding hydrogens is 512 g/mol. The summed E-state index contributed by atoms with van der Waals surface area (Å²) in [4.78, 5) is 39.2. The largest absolute Gasteiger partial charge is 0.463 e. The number of ether oxygens (including phenoxy) is 2. The van der Waals surface area contributed by atoms with Crippen LogP contribution in [-0.4, -0.2) is 44.4 Å². The van der Waals surface area contributed by atoms with Crippen LogP contribution in [0.25, 0.3) is 5.69 Å². The molecule has 180 valence electrons. The van der Waals surface area contributed by atoms with E-state index in [-0.39, 0.29) is 13.0 Å². The van der Waals surface area contributed by atoms with E-state index >= 15 is 0 Å². The molecule has 1 aliphatic heterocycles. The summed E-state index contributed by atoms with van der Waals surface area (Å²) in [6, 6.07) is 11.3. The van der Waals surface area contributed by atoms with Crippen LogP contribution in [0.2, 0.25) is 0 Å². The van der Waals surface area contributed by atoms with E-state index < -0.39 is 23.6 Å².